The third-order valence-corrected chi connectivity index (χ3v) is 2.89. The van der Waals surface area contributed by atoms with Crippen molar-refractivity contribution < 1.29 is 20.1 Å². The Hall–Kier alpha value is -1.14. The Bertz CT molecular complexity index is 425. The first-order valence-electron chi connectivity index (χ1n) is 5.46. The molecule has 1 aromatic rings. The van der Waals surface area contributed by atoms with Gasteiger partial charge >= 0.3 is 5.97 Å². The molecule has 0 radical (unpaired) electrons. The van der Waals surface area contributed by atoms with Crippen LogP contribution in [0.15, 0.2) is 18.2 Å². The van der Waals surface area contributed by atoms with E-state index in [9.17, 15) is 15.0 Å². The number of carboxylic acids is 1. The summed E-state index contributed by atoms with van der Waals surface area (Å²) in [6.45, 7) is 0.246. The van der Waals surface area contributed by atoms with Crippen LogP contribution >= 0.6 is 11.6 Å². The van der Waals surface area contributed by atoms with Crippen LogP contribution in [-0.2, 0) is 11.2 Å². The highest BCUT2D eigenvalue weighted by atomic mass is 35.5. The molecule has 0 spiro atoms. The van der Waals surface area contributed by atoms with Gasteiger partial charge in [-0.1, -0.05) is 23.7 Å². The molecular weight excluding hydrogens is 258 g/mol. The molecule has 1 rings (SSSR count). The average molecular weight is 274 g/mol. The maximum Gasteiger partial charge on any atom is 0.307 e. The Morgan fingerprint density at radius 3 is 2.61 bits per heavy atom. The topological polar surface area (TPSA) is 89.8 Å². The first kappa shape index (κ1) is 14.9. The fourth-order valence-corrected chi connectivity index (χ4v) is 1.85. The van der Waals surface area contributed by atoms with E-state index >= 15 is 0 Å². The molecule has 0 aliphatic carbocycles. The first-order valence-corrected chi connectivity index (χ1v) is 5.84. The molecule has 0 aliphatic rings. The molecule has 6 heteroatoms. The lowest BCUT2D eigenvalue weighted by Crippen LogP contribution is -2.29. The summed E-state index contributed by atoms with van der Waals surface area (Å²) in [5.41, 5.74) is 0.931. The lowest BCUT2D eigenvalue weighted by Gasteiger charge is -2.18. The highest BCUT2D eigenvalue weighted by Gasteiger charge is 2.18. The van der Waals surface area contributed by atoms with E-state index < -0.39 is 18.2 Å². The lowest BCUT2D eigenvalue weighted by atomic mass is 10.0. The minimum absolute atomic E-state index is 0.172. The fourth-order valence-electron chi connectivity index (χ4n) is 1.60. The van der Waals surface area contributed by atoms with Gasteiger partial charge in [0.15, 0.2) is 0 Å². The molecule has 0 aromatic heterocycles. The third kappa shape index (κ3) is 3.96. The summed E-state index contributed by atoms with van der Waals surface area (Å²) in [4.78, 5) is 10.6. The molecule has 100 valence electrons. The van der Waals surface area contributed by atoms with E-state index in [2.05, 4.69) is 5.32 Å². The molecule has 1 aromatic carbocycles. The van der Waals surface area contributed by atoms with Crippen LogP contribution in [0.2, 0.25) is 5.02 Å². The Labute approximate surface area is 110 Å². The van der Waals surface area contributed by atoms with Crippen LogP contribution in [0.25, 0.3) is 0 Å². The summed E-state index contributed by atoms with van der Waals surface area (Å²) >= 11 is 5.93. The van der Waals surface area contributed by atoms with E-state index in [4.69, 9.17) is 16.7 Å². The van der Waals surface area contributed by atoms with Gasteiger partial charge in [-0.25, -0.2) is 0 Å². The van der Waals surface area contributed by atoms with Crippen molar-refractivity contribution in [1.82, 2.24) is 5.32 Å². The van der Waals surface area contributed by atoms with Crippen LogP contribution < -0.4 is 5.32 Å². The molecule has 2 atom stereocenters. The van der Waals surface area contributed by atoms with Gasteiger partial charge in [-0.15, -0.1) is 0 Å². The summed E-state index contributed by atoms with van der Waals surface area (Å²) in [7, 11) is 1.67. The molecule has 0 heterocycles. The summed E-state index contributed by atoms with van der Waals surface area (Å²) in [5.74, 6) is -0.972. The van der Waals surface area contributed by atoms with Crippen LogP contribution in [0, 0.1) is 0 Å². The third-order valence-electron chi connectivity index (χ3n) is 2.54. The average Bonchev–Trinajstić information content (AvgIpc) is 2.30. The smallest absolute Gasteiger partial charge is 0.307 e. The lowest BCUT2D eigenvalue weighted by molar-refractivity contribution is -0.136. The van der Waals surface area contributed by atoms with Crippen molar-refractivity contribution in [3.05, 3.63) is 34.3 Å². The SMILES string of the molecule is CNCC(O)C(O)c1ccc(CC(=O)O)c(Cl)c1. The van der Waals surface area contributed by atoms with Crippen molar-refractivity contribution in [2.45, 2.75) is 18.6 Å². The number of benzene rings is 1. The van der Waals surface area contributed by atoms with Crippen LogP contribution in [-0.4, -0.2) is 41.0 Å². The monoisotopic (exact) mass is 273 g/mol. The predicted octanol–water partition coefficient (Wildman–Crippen LogP) is 0.581. The van der Waals surface area contributed by atoms with E-state index in [1.807, 2.05) is 0 Å². The van der Waals surface area contributed by atoms with Gasteiger partial charge in [-0.2, -0.15) is 0 Å². The van der Waals surface area contributed by atoms with E-state index in [0.717, 1.165) is 0 Å². The van der Waals surface area contributed by atoms with Crippen molar-refractivity contribution in [2.75, 3.05) is 13.6 Å². The van der Waals surface area contributed by atoms with Gasteiger partial charge in [0.2, 0.25) is 0 Å². The zero-order chi connectivity index (χ0) is 13.7. The second kappa shape index (κ2) is 6.70. The molecule has 5 nitrogen and oxygen atoms in total. The second-order valence-corrected chi connectivity index (χ2v) is 4.40. The molecule has 0 bridgehead atoms. The number of aliphatic carboxylic acids is 1. The molecule has 18 heavy (non-hydrogen) atoms. The minimum atomic E-state index is -1.06. The molecular formula is C12H16ClNO4. The van der Waals surface area contributed by atoms with Crippen LogP contribution in [0.3, 0.4) is 0 Å². The standard InChI is InChI=1S/C12H16ClNO4/c1-14-6-10(15)12(18)8-3-2-7(5-11(16)17)9(13)4-8/h2-4,10,12,14-15,18H,5-6H2,1H3,(H,16,17). The number of nitrogens with one attached hydrogen (secondary N) is 1. The number of rotatable bonds is 6. The van der Waals surface area contributed by atoms with Gasteiger partial charge in [0, 0.05) is 11.6 Å². The largest absolute Gasteiger partial charge is 0.481 e. The summed E-state index contributed by atoms with van der Waals surface area (Å²) < 4.78 is 0. The Kier molecular flexibility index (Phi) is 5.55. The number of hydrogen-bond donors (Lipinski definition) is 4. The Morgan fingerprint density at radius 2 is 2.11 bits per heavy atom. The quantitative estimate of drug-likeness (QED) is 0.609. The number of likely N-dealkylation sites (N-methyl/N-ethyl adjacent to an activating group) is 1. The minimum Gasteiger partial charge on any atom is -0.481 e. The van der Waals surface area contributed by atoms with Gasteiger partial charge in [0.1, 0.15) is 6.10 Å². The van der Waals surface area contributed by atoms with Crippen LogP contribution in [0.4, 0.5) is 0 Å². The molecule has 2 unspecified atom stereocenters. The van der Waals surface area contributed by atoms with Crippen molar-refractivity contribution in [1.29, 1.82) is 0 Å². The molecule has 0 fully saturated rings. The van der Waals surface area contributed by atoms with Gasteiger partial charge in [-0.3, -0.25) is 4.79 Å². The van der Waals surface area contributed by atoms with E-state index in [-0.39, 0.29) is 18.0 Å². The van der Waals surface area contributed by atoms with Gasteiger partial charge in [-0.05, 0) is 24.2 Å². The number of halogens is 1. The van der Waals surface area contributed by atoms with Gasteiger partial charge < -0.3 is 20.6 Å². The highest BCUT2D eigenvalue weighted by molar-refractivity contribution is 6.31. The van der Waals surface area contributed by atoms with Crippen molar-refractivity contribution in [2.24, 2.45) is 0 Å². The number of hydrogen-bond acceptors (Lipinski definition) is 4. The van der Waals surface area contributed by atoms with E-state index in [1.54, 1.807) is 19.2 Å². The van der Waals surface area contributed by atoms with Crippen molar-refractivity contribution >= 4 is 17.6 Å². The van der Waals surface area contributed by atoms with Crippen molar-refractivity contribution in [3.63, 3.8) is 0 Å². The molecule has 0 amide bonds. The van der Waals surface area contributed by atoms with Crippen LogP contribution in [0.5, 0.6) is 0 Å². The molecule has 4 N–H and O–H groups in total. The number of carbonyl (C=O) groups is 1. The maximum absolute atomic E-state index is 10.6. The normalized spacial score (nSPS) is 14.2. The summed E-state index contributed by atoms with van der Waals surface area (Å²) in [6.07, 6.45) is -2.18. The van der Waals surface area contributed by atoms with E-state index in [1.165, 1.54) is 6.07 Å². The Morgan fingerprint density at radius 1 is 1.44 bits per heavy atom. The van der Waals surface area contributed by atoms with Gasteiger partial charge in [0.05, 0.1) is 12.5 Å². The fraction of sp³-hybridized carbons (Fsp3) is 0.417. The number of aliphatic hydroxyl groups excluding tert-OH is 2. The van der Waals surface area contributed by atoms with Crippen LogP contribution in [0.1, 0.15) is 17.2 Å². The van der Waals surface area contributed by atoms with Crippen molar-refractivity contribution in [3.8, 4) is 0 Å². The molecule has 0 saturated heterocycles. The molecule has 0 aliphatic heterocycles. The predicted molar refractivity (Wildman–Crippen MR) is 67.7 cm³/mol. The number of aliphatic hydroxyl groups is 2. The highest BCUT2D eigenvalue weighted by Crippen LogP contribution is 2.24. The Balaban J connectivity index is 2.86. The zero-order valence-electron chi connectivity index (χ0n) is 9.93. The summed E-state index contributed by atoms with van der Waals surface area (Å²) in [5, 5.41) is 31.2. The zero-order valence-corrected chi connectivity index (χ0v) is 10.7. The van der Waals surface area contributed by atoms with Gasteiger partial charge in [0.25, 0.3) is 0 Å². The first-order chi connectivity index (χ1) is 8.45. The maximum atomic E-state index is 10.6. The summed E-state index contributed by atoms with van der Waals surface area (Å²) in [6, 6.07) is 4.58. The van der Waals surface area contributed by atoms with E-state index in [0.29, 0.717) is 11.1 Å². The second-order valence-electron chi connectivity index (χ2n) is 3.99. The number of carboxylic acid groups (broad SMARTS) is 1. The molecule has 0 saturated carbocycles.